The zero-order chi connectivity index (χ0) is 10.8. The fraction of sp³-hybridized carbons (Fsp3) is 0.400. The van der Waals surface area contributed by atoms with E-state index in [0.29, 0.717) is 16.8 Å². The van der Waals surface area contributed by atoms with E-state index in [1.807, 2.05) is 13.8 Å². The first-order valence-electron chi connectivity index (χ1n) is 4.29. The molecule has 2 nitrogen and oxygen atoms in total. The molecule has 1 aromatic carbocycles. The third-order valence-electron chi connectivity index (χ3n) is 1.78. The number of hydrogen-bond acceptors (Lipinski definition) is 2. The second-order valence-corrected chi connectivity index (χ2v) is 4.50. The summed E-state index contributed by atoms with van der Waals surface area (Å²) in [6.45, 7) is 4.16. The van der Waals surface area contributed by atoms with Crippen LogP contribution in [0.1, 0.15) is 13.8 Å². The van der Waals surface area contributed by atoms with Gasteiger partial charge < -0.3 is 10.5 Å². The molecule has 2 N–H and O–H groups in total. The highest BCUT2D eigenvalue weighted by Gasteiger charge is 2.17. The van der Waals surface area contributed by atoms with Gasteiger partial charge in [-0.05, 0) is 48.0 Å². The zero-order valence-corrected chi connectivity index (χ0v) is 9.77. The van der Waals surface area contributed by atoms with E-state index >= 15 is 0 Å². The summed E-state index contributed by atoms with van der Waals surface area (Å²) in [5, 5.41) is 0. The van der Waals surface area contributed by atoms with E-state index in [1.165, 1.54) is 6.07 Å². The van der Waals surface area contributed by atoms with Crippen molar-refractivity contribution in [3.63, 3.8) is 0 Å². The molecule has 1 aromatic rings. The summed E-state index contributed by atoms with van der Waals surface area (Å²) in [4.78, 5) is 0. The SMILES string of the molecule is CC(C)(CN)Oc1ccc(F)c(Br)c1. The normalized spacial score (nSPS) is 11.5. The van der Waals surface area contributed by atoms with E-state index in [-0.39, 0.29) is 5.82 Å². The average Bonchev–Trinajstić information content (AvgIpc) is 2.11. The molecule has 0 aliphatic heterocycles. The van der Waals surface area contributed by atoms with Gasteiger partial charge in [-0.2, -0.15) is 0 Å². The fourth-order valence-corrected chi connectivity index (χ4v) is 1.26. The highest BCUT2D eigenvalue weighted by molar-refractivity contribution is 9.10. The van der Waals surface area contributed by atoms with Crippen molar-refractivity contribution in [2.24, 2.45) is 5.73 Å². The molecule has 0 saturated heterocycles. The van der Waals surface area contributed by atoms with Gasteiger partial charge in [0.1, 0.15) is 17.2 Å². The van der Waals surface area contributed by atoms with E-state index < -0.39 is 5.60 Å². The third kappa shape index (κ3) is 2.96. The minimum atomic E-state index is -0.433. The molecule has 0 aliphatic carbocycles. The first-order chi connectivity index (χ1) is 6.44. The van der Waals surface area contributed by atoms with Gasteiger partial charge in [0.15, 0.2) is 0 Å². The maximum absolute atomic E-state index is 12.9. The summed E-state index contributed by atoms with van der Waals surface area (Å²) in [6.07, 6.45) is 0. The Hall–Kier alpha value is -0.610. The van der Waals surface area contributed by atoms with Gasteiger partial charge in [-0.3, -0.25) is 0 Å². The van der Waals surface area contributed by atoms with Crippen molar-refractivity contribution in [3.05, 3.63) is 28.5 Å². The predicted octanol–water partition coefficient (Wildman–Crippen LogP) is 2.70. The maximum Gasteiger partial charge on any atom is 0.137 e. The van der Waals surface area contributed by atoms with Crippen LogP contribution in [0, 0.1) is 5.82 Å². The minimum Gasteiger partial charge on any atom is -0.487 e. The first kappa shape index (κ1) is 11.5. The summed E-state index contributed by atoms with van der Waals surface area (Å²) in [5.41, 5.74) is 5.08. The van der Waals surface area contributed by atoms with Gasteiger partial charge in [-0.25, -0.2) is 4.39 Å². The molecule has 4 heteroatoms. The molecular formula is C10H13BrFNO. The van der Waals surface area contributed by atoms with Crippen molar-refractivity contribution in [1.29, 1.82) is 0 Å². The van der Waals surface area contributed by atoms with E-state index in [4.69, 9.17) is 10.5 Å². The molecule has 0 aromatic heterocycles. The number of benzene rings is 1. The van der Waals surface area contributed by atoms with Crippen molar-refractivity contribution in [1.82, 2.24) is 0 Å². The summed E-state index contributed by atoms with van der Waals surface area (Å²) in [6, 6.07) is 4.52. The molecule has 0 bridgehead atoms. The Balaban J connectivity index is 2.83. The monoisotopic (exact) mass is 261 g/mol. The second kappa shape index (κ2) is 4.28. The Morgan fingerprint density at radius 1 is 1.50 bits per heavy atom. The quantitative estimate of drug-likeness (QED) is 0.908. The lowest BCUT2D eigenvalue weighted by atomic mass is 10.1. The summed E-state index contributed by atoms with van der Waals surface area (Å²) < 4.78 is 18.8. The Bertz CT molecular complexity index is 328. The fourth-order valence-electron chi connectivity index (χ4n) is 0.901. The van der Waals surface area contributed by atoms with Crippen LogP contribution in [0.3, 0.4) is 0 Å². The first-order valence-corrected chi connectivity index (χ1v) is 5.08. The molecule has 0 saturated carbocycles. The third-order valence-corrected chi connectivity index (χ3v) is 2.38. The van der Waals surface area contributed by atoms with Gasteiger partial charge in [0, 0.05) is 6.54 Å². The number of ether oxygens (including phenoxy) is 1. The lowest BCUT2D eigenvalue weighted by Gasteiger charge is -2.24. The molecule has 0 radical (unpaired) electrons. The van der Waals surface area contributed by atoms with E-state index in [0.717, 1.165) is 0 Å². The van der Waals surface area contributed by atoms with Crippen LogP contribution >= 0.6 is 15.9 Å². The van der Waals surface area contributed by atoms with Gasteiger partial charge in [-0.15, -0.1) is 0 Å². The van der Waals surface area contributed by atoms with Crippen LogP contribution in [0.15, 0.2) is 22.7 Å². The highest BCUT2D eigenvalue weighted by Crippen LogP contribution is 2.24. The molecule has 0 amide bonds. The molecule has 0 heterocycles. The second-order valence-electron chi connectivity index (χ2n) is 3.64. The number of halogens is 2. The highest BCUT2D eigenvalue weighted by atomic mass is 79.9. The molecule has 0 atom stereocenters. The lowest BCUT2D eigenvalue weighted by molar-refractivity contribution is 0.118. The average molecular weight is 262 g/mol. The molecule has 0 unspecified atom stereocenters. The zero-order valence-electron chi connectivity index (χ0n) is 8.18. The summed E-state index contributed by atoms with van der Waals surface area (Å²) >= 11 is 3.09. The largest absolute Gasteiger partial charge is 0.487 e. The Morgan fingerprint density at radius 3 is 2.64 bits per heavy atom. The Morgan fingerprint density at radius 2 is 2.14 bits per heavy atom. The molecule has 78 valence electrons. The van der Waals surface area contributed by atoms with Crippen molar-refractivity contribution in [2.45, 2.75) is 19.4 Å². The van der Waals surface area contributed by atoms with E-state index in [1.54, 1.807) is 12.1 Å². The van der Waals surface area contributed by atoms with Crippen LogP contribution < -0.4 is 10.5 Å². The Kier molecular flexibility index (Phi) is 3.50. The Labute approximate surface area is 91.4 Å². The molecule has 14 heavy (non-hydrogen) atoms. The van der Waals surface area contributed by atoms with Gasteiger partial charge in [0.05, 0.1) is 4.47 Å². The van der Waals surface area contributed by atoms with Gasteiger partial charge in [0.25, 0.3) is 0 Å². The topological polar surface area (TPSA) is 35.2 Å². The van der Waals surface area contributed by atoms with Crippen molar-refractivity contribution in [2.75, 3.05) is 6.54 Å². The smallest absolute Gasteiger partial charge is 0.137 e. The molecule has 0 fully saturated rings. The number of hydrogen-bond donors (Lipinski definition) is 1. The van der Waals surface area contributed by atoms with E-state index in [9.17, 15) is 4.39 Å². The van der Waals surface area contributed by atoms with Gasteiger partial charge in [-0.1, -0.05) is 0 Å². The lowest BCUT2D eigenvalue weighted by Crippen LogP contribution is -2.37. The van der Waals surface area contributed by atoms with Crippen LogP contribution in [0.4, 0.5) is 4.39 Å². The van der Waals surface area contributed by atoms with Crippen LogP contribution in [0.5, 0.6) is 5.75 Å². The van der Waals surface area contributed by atoms with Crippen LogP contribution in [-0.4, -0.2) is 12.1 Å². The molecular weight excluding hydrogens is 249 g/mol. The maximum atomic E-state index is 12.9. The summed E-state index contributed by atoms with van der Waals surface area (Å²) in [7, 11) is 0. The van der Waals surface area contributed by atoms with Crippen LogP contribution in [-0.2, 0) is 0 Å². The number of nitrogens with two attached hydrogens (primary N) is 1. The standard InChI is InChI=1S/C10H13BrFNO/c1-10(2,6-13)14-7-3-4-9(12)8(11)5-7/h3-5H,6,13H2,1-2H3. The van der Waals surface area contributed by atoms with Gasteiger partial charge in [0.2, 0.25) is 0 Å². The van der Waals surface area contributed by atoms with Crippen LogP contribution in [0.25, 0.3) is 0 Å². The van der Waals surface area contributed by atoms with Crippen molar-refractivity contribution in [3.8, 4) is 5.75 Å². The van der Waals surface area contributed by atoms with Gasteiger partial charge >= 0.3 is 0 Å². The number of rotatable bonds is 3. The summed E-state index contributed by atoms with van der Waals surface area (Å²) in [5.74, 6) is 0.302. The molecule has 0 spiro atoms. The van der Waals surface area contributed by atoms with Crippen molar-refractivity contribution >= 4 is 15.9 Å². The van der Waals surface area contributed by atoms with Crippen LogP contribution in [0.2, 0.25) is 0 Å². The molecule has 0 aliphatic rings. The predicted molar refractivity (Wildman–Crippen MR) is 57.9 cm³/mol. The van der Waals surface area contributed by atoms with Crippen molar-refractivity contribution < 1.29 is 9.13 Å². The molecule has 1 rings (SSSR count). The van der Waals surface area contributed by atoms with E-state index in [2.05, 4.69) is 15.9 Å². The minimum absolute atomic E-state index is 0.303.